The van der Waals surface area contributed by atoms with E-state index in [0.29, 0.717) is 29.8 Å². The third-order valence-electron chi connectivity index (χ3n) is 9.99. The summed E-state index contributed by atoms with van der Waals surface area (Å²) in [6.07, 6.45) is 13.0. The highest BCUT2D eigenvalue weighted by atomic mass is 32.1. The minimum atomic E-state index is -0.956. The number of carbonyl (C=O) groups excluding carboxylic acids is 1. The third-order valence-corrected chi connectivity index (χ3v) is 11.0. The lowest BCUT2D eigenvalue weighted by Crippen LogP contribution is -2.50. The maximum atomic E-state index is 12.1. The molecule has 6 nitrogen and oxygen atoms in total. The highest BCUT2D eigenvalue weighted by Crippen LogP contribution is 2.68. The van der Waals surface area contributed by atoms with Crippen molar-refractivity contribution in [2.75, 3.05) is 6.61 Å². The minimum Gasteiger partial charge on any atom is -0.483 e. The number of hydrogen-bond acceptors (Lipinski definition) is 6. The van der Waals surface area contributed by atoms with E-state index in [1.165, 1.54) is 36.3 Å². The molecule has 192 valence electrons. The molecular weight excluding hydrogens is 462 g/mol. The molecule has 3 saturated carbocycles. The van der Waals surface area contributed by atoms with Gasteiger partial charge in [0.05, 0.1) is 30.7 Å². The molecule has 2 unspecified atom stereocenters. The van der Waals surface area contributed by atoms with Crippen molar-refractivity contribution in [1.82, 2.24) is 4.98 Å². The molecular formula is C28H39NO5S. The number of carboxylic acids is 1. The van der Waals surface area contributed by atoms with Gasteiger partial charge in [-0.1, -0.05) is 36.8 Å². The molecule has 0 spiro atoms. The van der Waals surface area contributed by atoms with Gasteiger partial charge in [-0.2, -0.15) is 0 Å². The summed E-state index contributed by atoms with van der Waals surface area (Å²) >= 11 is 1.75. The van der Waals surface area contributed by atoms with Crippen LogP contribution in [0.25, 0.3) is 0 Å². The van der Waals surface area contributed by atoms with Crippen LogP contribution in [0.15, 0.2) is 17.8 Å². The summed E-state index contributed by atoms with van der Waals surface area (Å²) in [7, 11) is 0. The fourth-order valence-electron chi connectivity index (χ4n) is 8.23. The number of fused-ring (bicyclic) bond motifs is 5. The Morgan fingerprint density at radius 2 is 1.97 bits per heavy atom. The average molecular weight is 502 g/mol. The molecule has 1 aromatic heterocycles. The number of aromatic nitrogens is 1. The summed E-state index contributed by atoms with van der Waals surface area (Å²) in [5.41, 5.74) is 1.97. The molecule has 0 radical (unpaired) electrons. The van der Waals surface area contributed by atoms with E-state index in [2.05, 4.69) is 19.9 Å². The van der Waals surface area contributed by atoms with Crippen LogP contribution in [-0.2, 0) is 14.3 Å². The SMILES string of the molecule is CCOc1cnc([C@H]2CCC3[C@@H]4CC=C5C[C@@H](OC(=O)CCC(=O)O)CC[C@]5(C)C4CC[C@@]32C)s1. The Kier molecular flexibility index (Phi) is 6.75. The van der Waals surface area contributed by atoms with Gasteiger partial charge in [-0.05, 0) is 80.5 Å². The van der Waals surface area contributed by atoms with Crippen LogP contribution in [0, 0.1) is 28.6 Å². The number of ether oxygens (including phenoxy) is 2. The van der Waals surface area contributed by atoms with Gasteiger partial charge in [-0.3, -0.25) is 9.59 Å². The van der Waals surface area contributed by atoms with E-state index in [0.717, 1.165) is 36.7 Å². The summed E-state index contributed by atoms with van der Waals surface area (Å²) in [6, 6.07) is 0. The van der Waals surface area contributed by atoms with Crippen LogP contribution in [0.2, 0.25) is 0 Å². The van der Waals surface area contributed by atoms with Crippen molar-refractivity contribution in [3.8, 4) is 5.06 Å². The molecule has 1 N–H and O–H groups in total. The van der Waals surface area contributed by atoms with Gasteiger partial charge in [0.2, 0.25) is 0 Å². The van der Waals surface area contributed by atoms with Crippen LogP contribution in [-0.4, -0.2) is 34.7 Å². The van der Waals surface area contributed by atoms with Crippen molar-refractivity contribution < 1.29 is 24.2 Å². The van der Waals surface area contributed by atoms with Gasteiger partial charge in [0.15, 0.2) is 5.06 Å². The van der Waals surface area contributed by atoms with E-state index < -0.39 is 5.97 Å². The largest absolute Gasteiger partial charge is 0.483 e. The quantitative estimate of drug-likeness (QED) is 0.345. The molecule has 0 amide bonds. The molecule has 5 rings (SSSR count). The van der Waals surface area contributed by atoms with Gasteiger partial charge in [0, 0.05) is 12.3 Å². The van der Waals surface area contributed by atoms with Crippen LogP contribution in [0.3, 0.4) is 0 Å². The number of esters is 1. The first-order valence-electron chi connectivity index (χ1n) is 13.4. The topological polar surface area (TPSA) is 85.7 Å². The molecule has 1 heterocycles. The van der Waals surface area contributed by atoms with Crippen molar-refractivity contribution in [3.63, 3.8) is 0 Å². The van der Waals surface area contributed by atoms with Crippen molar-refractivity contribution in [3.05, 3.63) is 22.9 Å². The molecule has 0 saturated heterocycles. The van der Waals surface area contributed by atoms with Gasteiger partial charge < -0.3 is 14.6 Å². The Labute approximate surface area is 212 Å². The number of nitrogens with zero attached hydrogens (tertiary/aromatic N) is 1. The van der Waals surface area contributed by atoms with Gasteiger partial charge in [0.25, 0.3) is 0 Å². The minimum absolute atomic E-state index is 0.0422. The predicted octanol–water partition coefficient (Wildman–Crippen LogP) is 6.36. The van der Waals surface area contributed by atoms with Crippen LogP contribution < -0.4 is 4.74 Å². The first-order chi connectivity index (χ1) is 16.7. The molecule has 4 aliphatic rings. The van der Waals surface area contributed by atoms with E-state index in [9.17, 15) is 9.59 Å². The average Bonchev–Trinajstić information content (AvgIpc) is 3.41. The zero-order valence-electron chi connectivity index (χ0n) is 21.3. The van der Waals surface area contributed by atoms with E-state index in [1.807, 2.05) is 13.1 Å². The number of rotatable bonds is 7. The third kappa shape index (κ3) is 4.42. The zero-order valence-corrected chi connectivity index (χ0v) is 22.1. The molecule has 35 heavy (non-hydrogen) atoms. The van der Waals surface area contributed by atoms with Crippen LogP contribution >= 0.6 is 11.3 Å². The molecule has 7 atom stereocenters. The van der Waals surface area contributed by atoms with E-state index in [1.54, 1.807) is 11.3 Å². The predicted molar refractivity (Wildman–Crippen MR) is 134 cm³/mol. The standard InChI is InChI=1S/C28H39NO5S/c1-4-33-25-16-29-26(35-25)22-8-7-20-19-6-5-17-15-18(34-24(32)10-9-23(30)31)11-13-27(17,2)21(19)12-14-28(20,22)3/h5,16,18-22H,4,6-15H2,1-3H3,(H,30,31)/t18-,19-,20?,21?,22+,27-,28-/m0/s1. The first kappa shape index (κ1) is 24.8. The normalized spacial score (nSPS) is 38.0. The number of allylic oxidation sites excluding steroid dienone is 1. The van der Waals surface area contributed by atoms with Crippen molar-refractivity contribution >= 4 is 23.3 Å². The number of carbonyl (C=O) groups is 2. The highest BCUT2D eigenvalue weighted by Gasteiger charge is 2.59. The van der Waals surface area contributed by atoms with Gasteiger partial charge in [0.1, 0.15) is 6.10 Å². The van der Waals surface area contributed by atoms with Crippen molar-refractivity contribution in [2.24, 2.45) is 28.6 Å². The van der Waals surface area contributed by atoms with Crippen LogP contribution in [0.5, 0.6) is 5.06 Å². The second-order valence-electron chi connectivity index (χ2n) is 11.6. The number of aliphatic carboxylic acids is 1. The maximum absolute atomic E-state index is 12.1. The van der Waals surface area contributed by atoms with Gasteiger partial charge >= 0.3 is 11.9 Å². The zero-order chi connectivity index (χ0) is 24.8. The van der Waals surface area contributed by atoms with E-state index >= 15 is 0 Å². The summed E-state index contributed by atoms with van der Waals surface area (Å²) in [5, 5.41) is 11.0. The first-order valence-corrected chi connectivity index (χ1v) is 14.3. The van der Waals surface area contributed by atoms with E-state index in [4.69, 9.17) is 19.6 Å². The maximum Gasteiger partial charge on any atom is 0.306 e. The molecule has 0 aliphatic heterocycles. The smallest absolute Gasteiger partial charge is 0.306 e. The second kappa shape index (κ2) is 9.53. The second-order valence-corrected chi connectivity index (χ2v) is 12.7. The fourth-order valence-corrected chi connectivity index (χ4v) is 9.35. The lowest BCUT2D eigenvalue weighted by molar-refractivity contribution is -0.154. The summed E-state index contributed by atoms with van der Waals surface area (Å²) < 4.78 is 11.4. The number of carboxylic acid groups (broad SMARTS) is 1. The molecule has 0 aromatic carbocycles. The molecule has 7 heteroatoms. The number of thiazole rings is 1. The van der Waals surface area contributed by atoms with E-state index in [-0.39, 0.29) is 30.3 Å². The monoisotopic (exact) mass is 501 g/mol. The molecule has 3 fully saturated rings. The molecule has 4 aliphatic carbocycles. The molecule has 0 bridgehead atoms. The fraction of sp³-hybridized carbons (Fsp3) is 0.750. The van der Waals surface area contributed by atoms with Crippen molar-refractivity contribution in [1.29, 1.82) is 0 Å². The Hall–Kier alpha value is -1.89. The van der Waals surface area contributed by atoms with Gasteiger partial charge in [-0.15, -0.1) is 0 Å². The number of hydrogen-bond donors (Lipinski definition) is 1. The lowest BCUT2D eigenvalue weighted by Gasteiger charge is -2.58. The Balaban J connectivity index is 1.29. The summed E-state index contributed by atoms with van der Waals surface area (Å²) in [4.78, 5) is 27.7. The van der Waals surface area contributed by atoms with Crippen molar-refractivity contribution in [2.45, 2.75) is 97.0 Å². The Morgan fingerprint density at radius 1 is 1.14 bits per heavy atom. The lowest BCUT2D eigenvalue weighted by atomic mass is 9.47. The summed E-state index contributed by atoms with van der Waals surface area (Å²) in [6.45, 7) is 7.70. The Morgan fingerprint density at radius 3 is 2.74 bits per heavy atom. The molecule has 1 aromatic rings. The highest BCUT2D eigenvalue weighted by molar-refractivity contribution is 7.13. The summed E-state index contributed by atoms with van der Waals surface area (Å²) in [5.74, 6) is 1.34. The van der Waals surface area contributed by atoms with Crippen LogP contribution in [0.1, 0.15) is 95.9 Å². The van der Waals surface area contributed by atoms with Gasteiger partial charge in [-0.25, -0.2) is 4.98 Å². The Bertz CT molecular complexity index is 1000. The van der Waals surface area contributed by atoms with Crippen LogP contribution in [0.4, 0.5) is 0 Å².